The summed E-state index contributed by atoms with van der Waals surface area (Å²) >= 11 is 0. The van der Waals surface area contributed by atoms with Crippen LogP contribution < -0.4 is 4.74 Å². The van der Waals surface area contributed by atoms with Crippen LogP contribution in [0.2, 0.25) is 0 Å². The van der Waals surface area contributed by atoms with Gasteiger partial charge < -0.3 is 14.5 Å². The molecular weight excluding hydrogens is 364 g/mol. The van der Waals surface area contributed by atoms with Gasteiger partial charge in [0.15, 0.2) is 0 Å². The van der Waals surface area contributed by atoms with Gasteiger partial charge in [-0.05, 0) is 38.4 Å². The number of aromatic nitrogens is 2. The van der Waals surface area contributed by atoms with Crippen molar-refractivity contribution >= 4 is 5.91 Å². The van der Waals surface area contributed by atoms with Crippen LogP contribution in [-0.4, -0.2) is 58.5 Å². The van der Waals surface area contributed by atoms with E-state index in [0.717, 1.165) is 74.9 Å². The van der Waals surface area contributed by atoms with E-state index in [-0.39, 0.29) is 5.91 Å². The first-order chi connectivity index (χ1) is 14.1. The number of likely N-dealkylation sites (tertiary alicyclic amines) is 1. The van der Waals surface area contributed by atoms with E-state index in [2.05, 4.69) is 28.9 Å². The minimum Gasteiger partial charge on any atom is -0.494 e. The van der Waals surface area contributed by atoms with Gasteiger partial charge in [0.2, 0.25) is 5.91 Å². The number of benzene rings is 1. The molecule has 3 heterocycles. The minimum absolute atomic E-state index is 0.123. The molecule has 0 saturated carbocycles. The third-order valence-electron chi connectivity index (χ3n) is 5.94. The molecule has 1 saturated heterocycles. The molecule has 1 aromatic carbocycles. The van der Waals surface area contributed by atoms with Crippen LogP contribution in [0.1, 0.15) is 48.3 Å². The molecule has 29 heavy (non-hydrogen) atoms. The summed E-state index contributed by atoms with van der Waals surface area (Å²) in [5.41, 5.74) is 3.47. The Balaban J connectivity index is 1.24. The maximum Gasteiger partial charge on any atom is 0.219 e. The molecule has 2 aliphatic rings. The number of amides is 1. The van der Waals surface area contributed by atoms with Gasteiger partial charge in [0.25, 0.3) is 0 Å². The third kappa shape index (κ3) is 4.93. The summed E-state index contributed by atoms with van der Waals surface area (Å²) in [5.74, 6) is 2.45. The Labute approximate surface area is 172 Å². The van der Waals surface area contributed by atoms with Crippen molar-refractivity contribution in [3.05, 3.63) is 53.1 Å². The molecule has 0 N–H and O–H groups in total. The highest BCUT2D eigenvalue weighted by molar-refractivity contribution is 5.73. The molecule has 6 heteroatoms. The number of nitrogens with zero attached hydrogens (tertiary/aromatic N) is 4. The summed E-state index contributed by atoms with van der Waals surface area (Å²) in [5, 5.41) is 0. The van der Waals surface area contributed by atoms with Crippen molar-refractivity contribution in [2.24, 2.45) is 0 Å². The second-order valence-corrected chi connectivity index (χ2v) is 8.19. The van der Waals surface area contributed by atoms with Crippen molar-refractivity contribution in [2.75, 3.05) is 32.8 Å². The van der Waals surface area contributed by atoms with E-state index in [9.17, 15) is 4.79 Å². The number of carbonyl (C=O) groups is 1. The zero-order valence-electron chi connectivity index (χ0n) is 17.4. The first-order valence-electron chi connectivity index (χ1n) is 10.6. The Morgan fingerprint density at radius 1 is 1.24 bits per heavy atom. The van der Waals surface area contributed by atoms with Gasteiger partial charge in [-0.2, -0.15) is 0 Å². The fraction of sp³-hybridized carbons (Fsp3) is 0.522. The van der Waals surface area contributed by atoms with Gasteiger partial charge in [0, 0.05) is 57.2 Å². The first-order valence-corrected chi connectivity index (χ1v) is 10.6. The largest absolute Gasteiger partial charge is 0.494 e. The maximum atomic E-state index is 11.6. The molecule has 0 bridgehead atoms. The molecule has 4 rings (SSSR count). The fourth-order valence-electron chi connectivity index (χ4n) is 4.16. The lowest BCUT2D eigenvalue weighted by Gasteiger charge is -2.27. The normalized spacial score (nSPS) is 19.2. The zero-order valence-corrected chi connectivity index (χ0v) is 17.4. The molecule has 1 fully saturated rings. The van der Waals surface area contributed by atoms with E-state index >= 15 is 0 Å². The smallest absolute Gasteiger partial charge is 0.219 e. The quantitative estimate of drug-likeness (QED) is 0.705. The Kier molecular flexibility index (Phi) is 6.09. The number of carbonyl (C=O) groups excluding carboxylic acids is 1. The maximum absolute atomic E-state index is 11.6. The fourth-order valence-corrected chi connectivity index (χ4v) is 4.16. The molecule has 1 amide bonds. The van der Waals surface area contributed by atoms with Gasteiger partial charge >= 0.3 is 0 Å². The Hall–Kier alpha value is -2.47. The highest BCUT2D eigenvalue weighted by atomic mass is 16.5. The van der Waals surface area contributed by atoms with Gasteiger partial charge in [-0.1, -0.05) is 17.7 Å². The molecule has 154 valence electrons. The van der Waals surface area contributed by atoms with Crippen molar-refractivity contribution in [1.82, 2.24) is 19.8 Å². The zero-order chi connectivity index (χ0) is 20.2. The van der Waals surface area contributed by atoms with Crippen molar-refractivity contribution in [1.29, 1.82) is 0 Å². The lowest BCUT2D eigenvalue weighted by molar-refractivity contribution is -0.129. The number of ether oxygens (including phenoxy) is 1. The molecule has 0 spiro atoms. The second-order valence-electron chi connectivity index (χ2n) is 8.19. The van der Waals surface area contributed by atoms with Gasteiger partial charge in [0.05, 0.1) is 12.3 Å². The summed E-state index contributed by atoms with van der Waals surface area (Å²) in [4.78, 5) is 25.5. The lowest BCUT2D eigenvalue weighted by atomic mass is 10.0. The summed E-state index contributed by atoms with van der Waals surface area (Å²) in [6, 6.07) is 8.22. The van der Waals surface area contributed by atoms with Gasteiger partial charge in [-0.3, -0.25) is 4.79 Å². The van der Waals surface area contributed by atoms with Crippen molar-refractivity contribution in [3.63, 3.8) is 0 Å². The molecular formula is C23H30N4O2. The van der Waals surface area contributed by atoms with Crippen LogP contribution in [0.15, 0.2) is 30.5 Å². The number of hydrogen-bond acceptors (Lipinski definition) is 5. The Bertz CT molecular complexity index is 852. The Morgan fingerprint density at radius 3 is 2.86 bits per heavy atom. The number of hydrogen-bond donors (Lipinski definition) is 0. The molecule has 2 aliphatic heterocycles. The molecule has 6 nitrogen and oxygen atoms in total. The van der Waals surface area contributed by atoms with Crippen molar-refractivity contribution in [3.8, 4) is 5.75 Å². The number of rotatable bonds is 6. The van der Waals surface area contributed by atoms with E-state index in [0.29, 0.717) is 12.5 Å². The Morgan fingerprint density at radius 2 is 2.07 bits per heavy atom. The van der Waals surface area contributed by atoms with Crippen molar-refractivity contribution < 1.29 is 9.53 Å². The van der Waals surface area contributed by atoms with E-state index < -0.39 is 0 Å². The number of aryl methyl sites for hydroxylation is 1. The van der Waals surface area contributed by atoms with Gasteiger partial charge in [0.1, 0.15) is 11.6 Å². The van der Waals surface area contributed by atoms with Gasteiger partial charge in [-0.15, -0.1) is 0 Å². The number of fused-ring (bicyclic) bond motifs is 1. The molecule has 1 atom stereocenters. The average molecular weight is 395 g/mol. The van der Waals surface area contributed by atoms with Crippen LogP contribution in [0, 0.1) is 6.92 Å². The average Bonchev–Trinajstić information content (AvgIpc) is 3.20. The highest BCUT2D eigenvalue weighted by Crippen LogP contribution is 2.26. The topological polar surface area (TPSA) is 58.6 Å². The minimum atomic E-state index is 0.123. The van der Waals surface area contributed by atoms with Crippen LogP contribution >= 0.6 is 0 Å². The van der Waals surface area contributed by atoms with Crippen LogP contribution in [0.25, 0.3) is 0 Å². The standard InChI is InChI=1S/C23H30N4O2/c1-17-4-6-21(7-5-17)29-13-3-10-26-11-8-19(15-26)23-24-14-20-16-27(18(2)28)12-9-22(20)25-23/h4-7,14,19H,3,8-13,15-16H2,1-2H3. The summed E-state index contributed by atoms with van der Waals surface area (Å²) < 4.78 is 5.84. The van der Waals surface area contributed by atoms with E-state index in [1.807, 2.05) is 23.2 Å². The molecule has 2 aromatic rings. The van der Waals surface area contributed by atoms with E-state index in [4.69, 9.17) is 9.72 Å². The molecule has 0 aliphatic carbocycles. The van der Waals surface area contributed by atoms with Crippen molar-refractivity contribution in [2.45, 2.75) is 45.6 Å². The lowest BCUT2D eigenvalue weighted by Crippen LogP contribution is -2.35. The predicted molar refractivity (Wildman–Crippen MR) is 112 cm³/mol. The SMILES string of the molecule is CC(=O)N1CCc2nc(C3CCN(CCCOc4ccc(C)cc4)C3)ncc2C1. The van der Waals surface area contributed by atoms with Crippen LogP contribution in [-0.2, 0) is 17.8 Å². The van der Waals surface area contributed by atoms with Crippen LogP contribution in [0.5, 0.6) is 5.75 Å². The summed E-state index contributed by atoms with van der Waals surface area (Å²) in [6.07, 6.45) is 4.89. The summed E-state index contributed by atoms with van der Waals surface area (Å²) in [7, 11) is 0. The predicted octanol–water partition coefficient (Wildman–Crippen LogP) is 2.95. The van der Waals surface area contributed by atoms with E-state index in [1.165, 1.54) is 5.56 Å². The first kappa shape index (κ1) is 19.8. The third-order valence-corrected chi connectivity index (χ3v) is 5.94. The second kappa shape index (κ2) is 8.91. The molecule has 0 radical (unpaired) electrons. The highest BCUT2D eigenvalue weighted by Gasteiger charge is 2.27. The van der Waals surface area contributed by atoms with Crippen LogP contribution in [0.4, 0.5) is 0 Å². The molecule has 1 unspecified atom stereocenters. The van der Waals surface area contributed by atoms with Gasteiger partial charge in [-0.25, -0.2) is 9.97 Å². The monoisotopic (exact) mass is 394 g/mol. The molecule has 1 aromatic heterocycles. The summed E-state index contributed by atoms with van der Waals surface area (Å²) in [6.45, 7) is 9.00. The van der Waals surface area contributed by atoms with E-state index in [1.54, 1.807) is 6.92 Å². The van der Waals surface area contributed by atoms with Crippen LogP contribution in [0.3, 0.4) is 0 Å².